The zero-order chi connectivity index (χ0) is 13.5. The number of aliphatic hydroxyl groups is 1. The first-order valence-corrected chi connectivity index (χ1v) is 6.75. The molecule has 0 bridgehead atoms. The minimum absolute atomic E-state index is 0.0984. The summed E-state index contributed by atoms with van der Waals surface area (Å²) in [5.41, 5.74) is 1.91. The molecular formula is C15H20N2O2. The van der Waals surface area contributed by atoms with Crippen molar-refractivity contribution in [2.24, 2.45) is 0 Å². The molecule has 0 spiro atoms. The Bertz CT molecular complexity index is 434. The molecule has 1 aliphatic heterocycles. The zero-order valence-electron chi connectivity index (χ0n) is 11.1. The van der Waals surface area contributed by atoms with E-state index in [4.69, 9.17) is 15.1 Å². The molecule has 0 atom stereocenters. The number of likely N-dealkylation sites (tertiary alicyclic amines) is 1. The van der Waals surface area contributed by atoms with E-state index < -0.39 is 0 Å². The second kappa shape index (κ2) is 7.25. The van der Waals surface area contributed by atoms with Crippen LogP contribution in [0.5, 0.6) is 0 Å². The van der Waals surface area contributed by atoms with E-state index in [2.05, 4.69) is 17.0 Å². The molecule has 0 radical (unpaired) electrons. The smallest absolute Gasteiger partial charge is 0.0991 e. The van der Waals surface area contributed by atoms with E-state index in [1.54, 1.807) is 0 Å². The summed E-state index contributed by atoms with van der Waals surface area (Å²) < 4.78 is 5.55. The third-order valence-corrected chi connectivity index (χ3v) is 3.44. The van der Waals surface area contributed by atoms with Gasteiger partial charge in [0.05, 0.1) is 31.0 Å². The van der Waals surface area contributed by atoms with Crippen molar-refractivity contribution >= 4 is 0 Å². The Labute approximate surface area is 114 Å². The number of ether oxygens (including phenoxy) is 1. The van der Waals surface area contributed by atoms with Crippen molar-refractivity contribution in [1.29, 1.82) is 5.26 Å². The number of nitrogens with zero attached hydrogens (tertiary/aromatic N) is 2. The molecule has 1 heterocycles. The van der Waals surface area contributed by atoms with Gasteiger partial charge in [0.15, 0.2) is 0 Å². The van der Waals surface area contributed by atoms with Crippen molar-refractivity contribution in [1.82, 2.24) is 4.90 Å². The normalized spacial score (nSPS) is 17.3. The number of aliphatic hydroxyl groups excluding tert-OH is 1. The number of piperidine rings is 1. The first-order valence-electron chi connectivity index (χ1n) is 6.75. The zero-order valence-corrected chi connectivity index (χ0v) is 11.1. The molecule has 1 aliphatic rings. The summed E-state index contributed by atoms with van der Waals surface area (Å²) in [4.78, 5) is 2.38. The molecule has 102 valence electrons. The fourth-order valence-electron chi connectivity index (χ4n) is 2.45. The maximum absolute atomic E-state index is 8.88. The molecule has 1 saturated heterocycles. The molecule has 19 heavy (non-hydrogen) atoms. The predicted octanol–water partition coefficient (Wildman–Crippen LogP) is 1.53. The Morgan fingerprint density at radius 1 is 1.37 bits per heavy atom. The maximum Gasteiger partial charge on any atom is 0.0991 e. The van der Waals surface area contributed by atoms with Gasteiger partial charge in [-0.25, -0.2) is 0 Å². The van der Waals surface area contributed by atoms with Gasteiger partial charge in [0.2, 0.25) is 0 Å². The van der Waals surface area contributed by atoms with Crippen molar-refractivity contribution < 1.29 is 9.84 Å². The van der Waals surface area contributed by atoms with E-state index >= 15 is 0 Å². The highest BCUT2D eigenvalue weighted by atomic mass is 16.5. The summed E-state index contributed by atoms with van der Waals surface area (Å²) in [6.45, 7) is 3.44. The summed E-state index contributed by atoms with van der Waals surface area (Å²) in [7, 11) is 0. The molecular weight excluding hydrogens is 240 g/mol. The highest BCUT2D eigenvalue weighted by molar-refractivity contribution is 5.32. The third kappa shape index (κ3) is 4.32. The van der Waals surface area contributed by atoms with Gasteiger partial charge in [0, 0.05) is 19.6 Å². The Balaban J connectivity index is 1.80. The van der Waals surface area contributed by atoms with Crippen molar-refractivity contribution in [3.05, 3.63) is 35.4 Å². The van der Waals surface area contributed by atoms with Gasteiger partial charge < -0.3 is 9.84 Å². The quantitative estimate of drug-likeness (QED) is 0.872. The maximum atomic E-state index is 8.88. The molecule has 1 aromatic rings. The van der Waals surface area contributed by atoms with Crippen LogP contribution < -0.4 is 0 Å². The van der Waals surface area contributed by atoms with Crippen LogP contribution in [-0.2, 0) is 11.3 Å². The first-order chi connectivity index (χ1) is 9.31. The second-order valence-corrected chi connectivity index (χ2v) is 4.88. The summed E-state index contributed by atoms with van der Waals surface area (Å²) in [5, 5.41) is 17.6. The van der Waals surface area contributed by atoms with Gasteiger partial charge in [-0.2, -0.15) is 5.26 Å². The van der Waals surface area contributed by atoms with Crippen LogP contribution in [0.2, 0.25) is 0 Å². The number of rotatable bonds is 5. The van der Waals surface area contributed by atoms with Gasteiger partial charge in [0.1, 0.15) is 0 Å². The van der Waals surface area contributed by atoms with Crippen molar-refractivity contribution in [3.8, 4) is 6.07 Å². The van der Waals surface area contributed by atoms with E-state index in [9.17, 15) is 0 Å². The molecule has 2 rings (SSSR count). The first kappa shape index (κ1) is 14.0. The van der Waals surface area contributed by atoms with E-state index in [1.165, 1.54) is 5.56 Å². The lowest BCUT2D eigenvalue weighted by molar-refractivity contribution is -0.00901. The molecule has 1 N–H and O–H groups in total. The van der Waals surface area contributed by atoms with Gasteiger partial charge in [0.25, 0.3) is 0 Å². The Kier molecular flexibility index (Phi) is 5.34. The number of hydrogen-bond acceptors (Lipinski definition) is 4. The fourth-order valence-corrected chi connectivity index (χ4v) is 2.45. The molecule has 4 nitrogen and oxygen atoms in total. The van der Waals surface area contributed by atoms with Crippen LogP contribution in [0, 0.1) is 11.3 Å². The minimum atomic E-state index is 0.0984. The van der Waals surface area contributed by atoms with Gasteiger partial charge in [-0.05, 0) is 30.5 Å². The van der Waals surface area contributed by atoms with Crippen LogP contribution in [0.3, 0.4) is 0 Å². The molecule has 0 unspecified atom stereocenters. The predicted molar refractivity (Wildman–Crippen MR) is 72.5 cm³/mol. The summed E-state index contributed by atoms with van der Waals surface area (Å²) >= 11 is 0. The highest BCUT2D eigenvalue weighted by Crippen LogP contribution is 2.16. The minimum Gasteiger partial charge on any atom is -0.394 e. The van der Waals surface area contributed by atoms with Crippen LogP contribution in [0.15, 0.2) is 24.3 Å². The van der Waals surface area contributed by atoms with E-state index in [1.807, 2.05) is 18.2 Å². The van der Waals surface area contributed by atoms with E-state index in [0.717, 1.165) is 38.0 Å². The van der Waals surface area contributed by atoms with Gasteiger partial charge in [-0.3, -0.25) is 4.90 Å². The lowest BCUT2D eigenvalue weighted by Crippen LogP contribution is -2.36. The topological polar surface area (TPSA) is 56.5 Å². The van der Waals surface area contributed by atoms with Crippen LogP contribution in [0.25, 0.3) is 0 Å². The number of nitriles is 1. The lowest BCUT2D eigenvalue weighted by Gasteiger charge is -2.31. The van der Waals surface area contributed by atoms with Crippen LogP contribution in [-0.4, -0.2) is 42.4 Å². The molecule has 0 aromatic heterocycles. The van der Waals surface area contributed by atoms with Gasteiger partial charge in [-0.15, -0.1) is 0 Å². The van der Waals surface area contributed by atoms with E-state index in [0.29, 0.717) is 6.61 Å². The molecule has 0 saturated carbocycles. The average Bonchev–Trinajstić information content (AvgIpc) is 2.47. The molecule has 0 aliphatic carbocycles. The SMILES string of the molecule is N#Cc1cccc(CN2CCC(OCCO)CC2)c1. The molecule has 4 heteroatoms. The van der Waals surface area contributed by atoms with Gasteiger partial charge >= 0.3 is 0 Å². The van der Waals surface area contributed by atoms with Crippen LogP contribution in [0.4, 0.5) is 0 Å². The lowest BCUT2D eigenvalue weighted by atomic mass is 10.1. The number of benzene rings is 1. The van der Waals surface area contributed by atoms with E-state index in [-0.39, 0.29) is 12.7 Å². The second-order valence-electron chi connectivity index (χ2n) is 4.88. The third-order valence-electron chi connectivity index (χ3n) is 3.44. The molecule has 1 fully saturated rings. The fraction of sp³-hybridized carbons (Fsp3) is 0.533. The molecule has 0 amide bonds. The standard InChI is InChI=1S/C15H20N2O2/c16-11-13-2-1-3-14(10-13)12-17-6-4-15(5-7-17)19-9-8-18/h1-3,10,15,18H,4-9,12H2. The summed E-state index contributed by atoms with van der Waals surface area (Å²) in [6, 6.07) is 9.96. The Morgan fingerprint density at radius 3 is 2.84 bits per heavy atom. The monoisotopic (exact) mass is 260 g/mol. The highest BCUT2D eigenvalue weighted by Gasteiger charge is 2.19. The Hall–Kier alpha value is -1.41. The average molecular weight is 260 g/mol. The van der Waals surface area contributed by atoms with Crippen molar-refractivity contribution in [2.75, 3.05) is 26.3 Å². The molecule has 1 aromatic carbocycles. The largest absolute Gasteiger partial charge is 0.394 e. The van der Waals surface area contributed by atoms with Crippen molar-refractivity contribution in [2.45, 2.75) is 25.5 Å². The van der Waals surface area contributed by atoms with Gasteiger partial charge in [-0.1, -0.05) is 12.1 Å². The number of hydrogen-bond donors (Lipinski definition) is 1. The van der Waals surface area contributed by atoms with Crippen LogP contribution >= 0.6 is 0 Å². The summed E-state index contributed by atoms with van der Waals surface area (Å²) in [5.74, 6) is 0. The Morgan fingerprint density at radius 2 is 2.16 bits per heavy atom. The summed E-state index contributed by atoms with van der Waals surface area (Å²) in [6.07, 6.45) is 2.31. The van der Waals surface area contributed by atoms with Crippen molar-refractivity contribution in [3.63, 3.8) is 0 Å². The van der Waals surface area contributed by atoms with Crippen LogP contribution in [0.1, 0.15) is 24.0 Å².